The van der Waals surface area contributed by atoms with Crippen LogP contribution in [0.4, 0.5) is 0 Å². The van der Waals surface area contributed by atoms with Gasteiger partial charge in [-0.05, 0) is 19.3 Å². The zero-order chi connectivity index (χ0) is 12.0. The van der Waals surface area contributed by atoms with Gasteiger partial charge in [-0.25, -0.2) is 0 Å². The first-order valence-corrected chi connectivity index (χ1v) is 6.18. The fraction of sp³-hybridized carbons (Fsp3) is 0.833. The molecule has 92 valence electrons. The van der Waals surface area contributed by atoms with Crippen LogP contribution in [0.15, 0.2) is 0 Å². The van der Waals surface area contributed by atoms with Crippen LogP contribution in [0.2, 0.25) is 0 Å². The van der Waals surface area contributed by atoms with E-state index in [0.29, 0.717) is 13.0 Å². The van der Waals surface area contributed by atoms with E-state index in [9.17, 15) is 9.59 Å². The largest absolute Gasteiger partial charge is 0.352 e. The Labute approximate surface area is 97.4 Å². The van der Waals surface area contributed by atoms with Crippen LogP contribution in [0.3, 0.4) is 0 Å². The molecular weight excluding hydrogens is 204 g/mol. The van der Waals surface area contributed by atoms with E-state index in [-0.39, 0.29) is 17.9 Å². The lowest BCUT2D eigenvalue weighted by atomic mass is 10.1. The van der Waals surface area contributed by atoms with Crippen molar-refractivity contribution in [2.75, 3.05) is 13.1 Å². The Morgan fingerprint density at radius 1 is 1.44 bits per heavy atom. The number of amides is 2. The van der Waals surface area contributed by atoms with Gasteiger partial charge in [-0.3, -0.25) is 9.59 Å². The monoisotopic (exact) mass is 226 g/mol. The summed E-state index contributed by atoms with van der Waals surface area (Å²) >= 11 is 0. The van der Waals surface area contributed by atoms with E-state index < -0.39 is 0 Å². The van der Waals surface area contributed by atoms with Crippen molar-refractivity contribution < 1.29 is 9.59 Å². The van der Waals surface area contributed by atoms with Gasteiger partial charge >= 0.3 is 0 Å². The lowest BCUT2D eigenvalue weighted by Crippen LogP contribution is -2.49. The molecule has 1 aliphatic rings. The van der Waals surface area contributed by atoms with Gasteiger partial charge in [0.2, 0.25) is 11.8 Å². The summed E-state index contributed by atoms with van der Waals surface area (Å²) in [7, 11) is 0. The van der Waals surface area contributed by atoms with Gasteiger partial charge in [0, 0.05) is 32.5 Å². The topological polar surface area (TPSA) is 49.4 Å². The highest BCUT2D eigenvalue weighted by molar-refractivity contribution is 5.76. The van der Waals surface area contributed by atoms with E-state index in [1.54, 1.807) is 6.92 Å². The smallest absolute Gasteiger partial charge is 0.220 e. The van der Waals surface area contributed by atoms with Crippen LogP contribution < -0.4 is 5.32 Å². The lowest BCUT2D eigenvalue weighted by Gasteiger charge is -2.32. The molecule has 4 heteroatoms. The second kappa shape index (κ2) is 6.51. The van der Waals surface area contributed by atoms with Gasteiger partial charge in [0.05, 0.1) is 0 Å². The highest BCUT2D eigenvalue weighted by Crippen LogP contribution is 2.10. The minimum Gasteiger partial charge on any atom is -0.352 e. The number of nitrogens with one attached hydrogen (secondary N) is 1. The number of hydrogen-bond acceptors (Lipinski definition) is 2. The summed E-state index contributed by atoms with van der Waals surface area (Å²) in [5.41, 5.74) is 0. The molecule has 4 nitrogen and oxygen atoms in total. The molecule has 2 amide bonds. The van der Waals surface area contributed by atoms with Crippen LogP contribution in [0.1, 0.15) is 46.0 Å². The summed E-state index contributed by atoms with van der Waals surface area (Å²) in [6.07, 6.45) is 4.56. The average molecular weight is 226 g/mol. The molecule has 0 aliphatic carbocycles. The normalized spacial score (nSPS) is 20.6. The van der Waals surface area contributed by atoms with Crippen LogP contribution in [0, 0.1) is 0 Å². The Morgan fingerprint density at radius 3 is 2.81 bits per heavy atom. The second-order valence-corrected chi connectivity index (χ2v) is 4.48. The molecular formula is C12H22N2O2. The maximum absolute atomic E-state index is 11.5. The van der Waals surface area contributed by atoms with E-state index in [4.69, 9.17) is 0 Å². The van der Waals surface area contributed by atoms with E-state index in [2.05, 4.69) is 12.2 Å². The molecule has 1 rings (SSSR count). The molecule has 0 radical (unpaired) electrons. The quantitative estimate of drug-likeness (QED) is 0.785. The highest BCUT2D eigenvalue weighted by atomic mass is 16.2. The third-order valence-corrected chi connectivity index (χ3v) is 2.99. The molecule has 1 atom stereocenters. The molecule has 0 saturated carbocycles. The van der Waals surface area contributed by atoms with Crippen molar-refractivity contribution >= 4 is 11.8 Å². The number of carbonyl (C=O) groups excluding carboxylic acids is 2. The van der Waals surface area contributed by atoms with Crippen molar-refractivity contribution in [2.24, 2.45) is 0 Å². The standard InChI is InChI=1S/C12H22N2O2/c1-3-4-7-12(16)13-11-6-5-8-14(9-11)10(2)15/h11H,3-9H2,1-2H3,(H,13,16). The number of nitrogens with zero attached hydrogens (tertiary/aromatic N) is 1. The van der Waals surface area contributed by atoms with E-state index >= 15 is 0 Å². The summed E-state index contributed by atoms with van der Waals surface area (Å²) in [5.74, 6) is 0.227. The van der Waals surface area contributed by atoms with Gasteiger partial charge in [-0.15, -0.1) is 0 Å². The van der Waals surface area contributed by atoms with E-state index in [1.807, 2.05) is 4.90 Å². The summed E-state index contributed by atoms with van der Waals surface area (Å²) < 4.78 is 0. The number of carbonyl (C=O) groups is 2. The Kier molecular flexibility index (Phi) is 5.29. The van der Waals surface area contributed by atoms with Gasteiger partial charge in [-0.2, -0.15) is 0 Å². The number of hydrogen-bond donors (Lipinski definition) is 1. The van der Waals surface area contributed by atoms with E-state index in [1.165, 1.54) is 0 Å². The van der Waals surface area contributed by atoms with Gasteiger partial charge in [-0.1, -0.05) is 13.3 Å². The average Bonchev–Trinajstić information content (AvgIpc) is 2.26. The molecule has 0 aromatic carbocycles. The molecule has 0 aromatic rings. The molecule has 1 saturated heterocycles. The third kappa shape index (κ3) is 4.21. The van der Waals surface area contributed by atoms with Crippen molar-refractivity contribution in [1.29, 1.82) is 0 Å². The van der Waals surface area contributed by atoms with Crippen LogP contribution in [-0.4, -0.2) is 35.8 Å². The van der Waals surface area contributed by atoms with Crippen molar-refractivity contribution in [1.82, 2.24) is 10.2 Å². The summed E-state index contributed by atoms with van der Waals surface area (Å²) in [6, 6.07) is 0.155. The molecule has 0 aromatic heterocycles. The summed E-state index contributed by atoms with van der Waals surface area (Å²) in [4.78, 5) is 24.6. The van der Waals surface area contributed by atoms with Gasteiger partial charge in [0.1, 0.15) is 0 Å². The predicted molar refractivity (Wildman–Crippen MR) is 62.9 cm³/mol. The molecule has 16 heavy (non-hydrogen) atoms. The zero-order valence-corrected chi connectivity index (χ0v) is 10.3. The van der Waals surface area contributed by atoms with Gasteiger partial charge < -0.3 is 10.2 Å². The third-order valence-electron chi connectivity index (χ3n) is 2.99. The zero-order valence-electron chi connectivity index (χ0n) is 10.3. The Morgan fingerprint density at radius 2 is 2.19 bits per heavy atom. The van der Waals surface area contributed by atoms with Crippen LogP contribution in [0.5, 0.6) is 0 Å². The Balaban J connectivity index is 2.31. The van der Waals surface area contributed by atoms with Crippen LogP contribution >= 0.6 is 0 Å². The highest BCUT2D eigenvalue weighted by Gasteiger charge is 2.22. The molecule has 1 unspecified atom stereocenters. The number of piperidine rings is 1. The fourth-order valence-corrected chi connectivity index (χ4v) is 2.02. The second-order valence-electron chi connectivity index (χ2n) is 4.48. The van der Waals surface area contributed by atoms with Gasteiger partial charge in [0.25, 0.3) is 0 Å². The summed E-state index contributed by atoms with van der Waals surface area (Å²) in [6.45, 7) is 5.16. The molecule has 0 spiro atoms. The number of rotatable bonds is 4. The maximum atomic E-state index is 11.5. The Hall–Kier alpha value is -1.06. The van der Waals surface area contributed by atoms with Gasteiger partial charge in [0.15, 0.2) is 0 Å². The minimum absolute atomic E-state index is 0.104. The first-order chi connectivity index (χ1) is 7.63. The lowest BCUT2D eigenvalue weighted by molar-refractivity contribution is -0.131. The molecule has 0 bridgehead atoms. The van der Waals surface area contributed by atoms with Crippen molar-refractivity contribution in [3.8, 4) is 0 Å². The van der Waals surface area contributed by atoms with Crippen LogP contribution in [0.25, 0.3) is 0 Å². The molecule has 1 N–H and O–H groups in total. The number of likely N-dealkylation sites (tertiary alicyclic amines) is 1. The van der Waals surface area contributed by atoms with Crippen molar-refractivity contribution in [2.45, 2.75) is 52.0 Å². The fourth-order valence-electron chi connectivity index (χ4n) is 2.02. The molecule has 1 heterocycles. The number of unbranched alkanes of at least 4 members (excludes halogenated alkanes) is 1. The van der Waals surface area contributed by atoms with Crippen molar-refractivity contribution in [3.05, 3.63) is 0 Å². The summed E-state index contributed by atoms with van der Waals surface area (Å²) in [5, 5.41) is 3.01. The van der Waals surface area contributed by atoms with Crippen molar-refractivity contribution in [3.63, 3.8) is 0 Å². The van der Waals surface area contributed by atoms with E-state index in [0.717, 1.165) is 32.2 Å². The molecule has 1 aliphatic heterocycles. The predicted octanol–water partition coefficient (Wildman–Crippen LogP) is 1.30. The first-order valence-electron chi connectivity index (χ1n) is 6.18. The van der Waals surface area contributed by atoms with Crippen LogP contribution in [-0.2, 0) is 9.59 Å². The SMILES string of the molecule is CCCCC(=O)NC1CCCN(C(C)=O)C1. The first kappa shape index (κ1) is 13.0. The Bertz CT molecular complexity index is 253. The molecule has 1 fully saturated rings. The minimum atomic E-state index is 0.104. The maximum Gasteiger partial charge on any atom is 0.220 e.